The highest BCUT2D eigenvalue weighted by atomic mass is 16.5. The van der Waals surface area contributed by atoms with Crippen molar-refractivity contribution in [3.8, 4) is 11.5 Å². The number of aryl methyl sites for hydroxylation is 1. The van der Waals surface area contributed by atoms with Crippen LogP contribution in [-0.2, 0) is 6.42 Å². The van der Waals surface area contributed by atoms with Crippen LogP contribution in [0, 0.1) is 0 Å². The first-order chi connectivity index (χ1) is 8.79. The van der Waals surface area contributed by atoms with Crippen molar-refractivity contribution in [1.29, 1.82) is 0 Å². The third-order valence-electron chi connectivity index (χ3n) is 3.74. The largest absolute Gasteiger partial charge is 0.508 e. The number of benzene rings is 2. The van der Waals surface area contributed by atoms with E-state index in [1.165, 1.54) is 11.1 Å². The van der Waals surface area contributed by atoms with Gasteiger partial charge in [0.05, 0.1) is 7.11 Å². The summed E-state index contributed by atoms with van der Waals surface area (Å²) >= 11 is 0. The smallest absolute Gasteiger partial charge is 0.119 e. The van der Waals surface area contributed by atoms with Crippen molar-refractivity contribution < 1.29 is 9.84 Å². The van der Waals surface area contributed by atoms with Gasteiger partial charge in [-0.05, 0) is 42.2 Å². The van der Waals surface area contributed by atoms with Gasteiger partial charge >= 0.3 is 0 Å². The van der Waals surface area contributed by atoms with Crippen molar-refractivity contribution in [2.75, 3.05) is 7.11 Å². The van der Waals surface area contributed by atoms with Crippen LogP contribution in [0.2, 0.25) is 0 Å². The number of hydrogen-bond acceptors (Lipinski definition) is 2. The average molecular weight is 240 g/mol. The Bertz CT molecular complexity index is 575. The van der Waals surface area contributed by atoms with E-state index in [9.17, 15) is 5.11 Å². The maximum atomic E-state index is 9.99. The minimum Gasteiger partial charge on any atom is -0.508 e. The van der Waals surface area contributed by atoms with Crippen LogP contribution in [0.4, 0.5) is 0 Å². The predicted molar refractivity (Wildman–Crippen MR) is 71.3 cm³/mol. The zero-order valence-corrected chi connectivity index (χ0v) is 10.4. The maximum Gasteiger partial charge on any atom is 0.119 e. The number of phenols is 1. The Hall–Kier alpha value is -1.96. The number of phenolic OH excluding ortho intramolecular Hbond substituents is 1. The van der Waals surface area contributed by atoms with E-state index in [2.05, 4.69) is 12.1 Å². The van der Waals surface area contributed by atoms with E-state index in [1.54, 1.807) is 13.2 Å². The van der Waals surface area contributed by atoms with Gasteiger partial charge in [0.25, 0.3) is 0 Å². The summed E-state index contributed by atoms with van der Waals surface area (Å²) in [7, 11) is 1.69. The van der Waals surface area contributed by atoms with Crippen LogP contribution in [0.25, 0.3) is 0 Å². The molecule has 0 saturated heterocycles. The first kappa shape index (κ1) is 11.1. The molecule has 0 amide bonds. The molecule has 0 fully saturated rings. The summed E-state index contributed by atoms with van der Waals surface area (Å²) in [4.78, 5) is 0. The number of fused-ring (bicyclic) bond motifs is 1. The van der Waals surface area contributed by atoms with Gasteiger partial charge in [0.15, 0.2) is 0 Å². The molecule has 0 saturated carbocycles. The van der Waals surface area contributed by atoms with E-state index in [-0.39, 0.29) is 5.92 Å². The highest BCUT2D eigenvalue weighted by Gasteiger charge is 2.26. The lowest BCUT2D eigenvalue weighted by atomic mass is 9.92. The lowest BCUT2D eigenvalue weighted by Gasteiger charge is -2.14. The summed E-state index contributed by atoms with van der Waals surface area (Å²) in [5, 5.41) is 9.99. The Morgan fingerprint density at radius 1 is 1.11 bits per heavy atom. The van der Waals surface area contributed by atoms with E-state index in [0.29, 0.717) is 5.75 Å². The van der Waals surface area contributed by atoms with Crippen LogP contribution in [0.15, 0.2) is 42.5 Å². The molecule has 2 aromatic rings. The molecule has 0 radical (unpaired) electrons. The molecule has 1 aliphatic rings. The molecule has 0 spiro atoms. The molecule has 1 atom stereocenters. The first-order valence-corrected chi connectivity index (χ1v) is 6.24. The van der Waals surface area contributed by atoms with Crippen molar-refractivity contribution in [3.05, 3.63) is 59.2 Å². The van der Waals surface area contributed by atoms with Crippen molar-refractivity contribution in [1.82, 2.24) is 0 Å². The molecule has 0 aromatic heterocycles. The number of hydrogen-bond donors (Lipinski definition) is 1. The molecule has 1 N–H and O–H groups in total. The van der Waals surface area contributed by atoms with E-state index in [0.717, 1.165) is 24.2 Å². The van der Waals surface area contributed by atoms with Crippen LogP contribution in [0.3, 0.4) is 0 Å². The van der Waals surface area contributed by atoms with Gasteiger partial charge in [-0.3, -0.25) is 0 Å². The number of rotatable bonds is 2. The van der Waals surface area contributed by atoms with Crippen molar-refractivity contribution >= 4 is 0 Å². The molecule has 0 aliphatic heterocycles. The quantitative estimate of drug-likeness (QED) is 0.870. The van der Waals surface area contributed by atoms with E-state index in [1.807, 2.05) is 24.3 Å². The fourth-order valence-corrected chi connectivity index (χ4v) is 2.81. The van der Waals surface area contributed by atoms with Gasteiger partial charge in [0.1, 0.15) is 11.5 Å². The van der Waals surface area contributed by atoms with Gasteiger partial charge in [-0.25, -0.2) is 0 Å². The van der Waals surface area contributed by atoms with E-state index in [4.69, 9.17) is 4.74 Å². The van der Waals surface area contributed by atoms with Crippen LogP contribution in [0.1, 0.15) is 29.0 Å². The number of aromatic hydroxyl groups is 1. The summed E-state index contributed by atoms with van der Waals surface area (Å²) in [5.74, 6) is 1.56. The summed E-state index contributed by atoms with van der Waals surface area (Å²) in [6.07, 6.45) is 2.12. The summed E-state index contributed by atoms with van der Waals surface area (Å²) in [5.41, 5.74) is 3.67. The molecule has 1 unspecified atom stereocenters. The molecule has 2 aromatic carbocycles. The van der Waals surface area contributed by atoms with Crippen molar-refractivity contribution in [2.45, 2.75) is 18.8 Å². The second-order valence-electron chi connectivity index (χ2n) is 4.71. The van der Waals surface area contributed by atoms with Crippen LogP contribution in [-0.4, -0.2) is 12.2 Å². The van der Waals surface area contributed by atoms with Crippen molar-refractivity contribution in [2.24, 2.45) is 0 Å². The zero-order chi connectivity index (χ0) is 12.5. The lowest BCUT2D eigenvalue weighted by molar-refractivity contribution is 0.414. The normalized spacial score (nSPS) is 17.5. The minimum absolute atomic E-state index is 0.288. The second-order valence-corrected chi connectivity index (χ2v) is 4.71. The van der Waals surface area contributed by atoms with E-state index >= 15 is 0 Å². The summed E-state index contributed by atoms with van der Waals surface area (Å²) in [6.45, 7) is 0. The predicted octanol–water partition coefficient (Wildman–Crippen LogP) is 3.48. The summed E-state index contributed by atoms with van der Waals surface area (Å²) < 4.78 is 5.29. The monoisotopic (exact) mass is 240 g/mol. The maximum absolute atomic E-state index is 9.99. The molecule has 2 heteroatoms. The Labute approximate surface area is 107 Å². The second kappa shape index (κ2) is 4.37. The Kier molecular flexibility index (Phi) is 2.71. The third kappa shape index (κ3) is 1.74. The topological polar surface area (TPSA) is 29.5 Å². The average Bonchev–Trinajstić information content (AvgIpc) is 2.82. The highest BCUT2D eigenvalue weighted by molar-refractivity contribution is 5.49. The number of ether oxygens (including phenoxy) is 1. The molecular formula is C16H16O2. The molecule has 1 aliphatic carbocycles. The van der Waals surface area contributed by atoms with Crippen LogP contribution >= 0.6 is 0 Å². The first-order valence-electron chi connectivity index (χ1n) is 6.24. The number of para-hydroxylation sites is 1. The molecule has 2 nitrogen and oxygen atoms in total. The molecular weight excluding hydrogens is 224 g/mol. The third-order valence-corrected chi connectivity index (χ3v) is 3.74. The van der Waals surface area contributed by atoms with Gasteiger partial charge in [-0.1, -0.05) is 24.3 Å². The zero-order valence-electron chi connectivity index (χ0n) is 10.4. The molecule has 0 heterocycles. The standard InChI is InChI=1S/C16H16O2/c1-18-12-8-6-11-7-9-13(15(11)10-12)14-4-2-3-5-16(14)17/h2-6,8,10,13,17H,7,9H2,1H3. The summed E-state index contributed by atoms with van der Waals surface area (Å²) in [6, 6.07) is 13.8. The molecule has 92 valence electrons. The number of methoxy groups -OCH3 is 1. The SMILES string of the molecule is COc1ccc2c(c1)C(c1ccccc1O)CC2. The highest BCUT2D eigenvalue weighted by Crippen LogP contribution is 2.42. The molecule has 3 rings (SSSR count). The van der Waals surface area contributed by atoms with Gasteiger partial charge in [-0.15, -0.1) is 0 Å². The van der Waals surface area contributed by atoms with Gasteiger partial charge in [0, 0.05) is 11.5 Å². The minimum atomic E-state index is 0.288. The lowest BCUT2D eigenvalue weighted by Crippen LogP contribution is -1.97. The van der Waals surface area contributed by atoms with Gasteiger partial charge < -0.3 is 9.84 Å². The van der Waals surface area contributed by atoms with E-state index < -0.39 is 0 Å². The van der Waals surface area contributed by atoms with Crippen LogP contribution in [0.5, 0.6) is 11.5 Å². The Morgan fingerprint density at radius 2 is 1.94 bits per heavy atom. The van der Waals surface area contributed by atoms with Crippen molar-refractivity contribution in [3.63, 3.8) is 0 Å². The Balaban J connectivity index is 2.06. The Morgan fingerprint density at radius 3 is 2.72 bits per heavy atom. The molecule has 0 bridgehead atoms. The van der Waals surface area contributed by atoms with Crippen LogP contribution < -0.4 is 4.74 Å². The van der Waals surface area contributed by atoms with Gasteiger partial charge in [-0.2, -0.15) is 0 Å². The fraction of sp³-hybridized carbons (Fsp3) is 0.250. The molecule has 18 heavy (non-hydrogen) atoms. The van der Waals surface area contributed by atoms with Gasteiger partial charge in [0.2, 0.25) is 0 Å². The fourth-order valence-electron chi connectivity index (χ4n) is 2.81.